The lowest BCUT2D eigenvalue weighted by molar-refractivity contribution is 0.0679. The zero-order valence-electron chi connectivity index (χ0n) is 7.62. The standard InChI is InChI=1S/C8H4N3O4S/c12-7(13)3-2-9-11-5(16)1-4(8(14)15)10-6(3)11/h1-2H,(H,12,13)(H,14,15). The molecule has 0 aliphatic heterocycles. The summed E-state index contributed by atoms with van der Waals surface area (Å²) in [6.45, 7) is 0. The van der Waals surface area contributed by atoms with E-state index < -0.39 is 11.9 Å². The van der Waals surface area contributed by atoms with E-state index in [0.29, 0.717) is 0 Å². The first kappa shape index (κ1) is 10.3. The molecule has 1 radical (unpaired) electrons. The second-order valence-corrected chi connectivity index (χ2v) is 3.30. The molecule has 81 valence electrons. The fraction of sp³-hybridized carbons (Fsp3) is 0. The van der Waals surface area contributed by atoms with Crippen LogP contribution in [0.2, 0.25) is 0 Å². The van der Waals surface area contributed by atoms with Crippen molar-refractivity contribution in [1.82, 2.24) is 14.6 Å². The minimum absolute atomic E-state index is 0.0719. The number of hydrogen-bond acceptors (Lipinski definition) is 4. The fourth-order valence-corrected chi connectivity index (χ4v) is 1.44. The van der Waals surface area contributed by atoms with Crippen molar-refractivity contribution in [2.45, 2.75) is 5.03 Å². The molecule has 0 amide bonds. The first-order valence-corrected chi connectivity index (χ1v) is 4.44. The third kappa shape index (κ3) is 1.44. The van der Waals surface area contributed by atoms with Gasteiger partial charge >= 0.3 is 11.9 Å². The van der Waals surface area contributed by atoms with E-state index in [1.54, 1.807) is 0 Å². The summed E-state index contributed by atoms with van der Waals surface area (Å²) in [5, 5.41) is 21.4. The van der Waals surface area contributed by atoms with Gasteiger partial charge in [0.25, 0.3) is 0 Å². The Hall–Kier alpha value is -2.22. The monoisotopic (exact) mass is 238 g/mol. The Labute approximate surface area is 93.8 Å². The summed E-state index contributed by atoms with van der Waals surface area (Å²) in [6.07, 6.45) is 1.08. The lowest BCUT2D eigenvalue weighted by Crippen LogP contribution is -2.06. The van der Waals surface area contributed by atoms with Crippen LogP contribution in [0.4, 0.5) is 0 Å². The van der Waals surface area contributed by atoms with Gasteiger partial charge in [-0.15, -0.1) is 0 Å². The second-order valence-electron chi connectivity index (χ2n) is 2.88. The Morgan fingerprint density at radius 1 is 1.31 bits per heavy atom. The maximum absolute atomic E-state index is 10.8. The van der Waals surface area contributed by atoms with Gasteiger partial charge in [0, 0.05) is 6.07 Å². The molecular formula is C8H4N3O4S. The largest absolute Gasteiger partial charge is 0.477 e. The predicted molar refractivity (Wildman–Crippen MR) is 52.8 cm³/mol. The quantitative estimate of drug-likeness (QED) is 0.745. The number of nitrogens with zero attached hydrogens (tertiary/aromatic N) is 3. The minimum atomic E-state index is -1.27. The average Bonchev–Trinajstić information content (AvgIpc) is 2.61. The number of carbonyl (C=O) groups is 2. The molecule has 0 aliphatic carbocycles. The van der Waals surface area contributed by atoms with Gasteiger partial charge in [-0.2, -0.15) is 5.10 Å². The van der Waals surface area contributed by atoms with Crippen LogP contribution >= 0.6 is 12.6 Å². The van der Waals surface area contributed by atoms with Crippen molar-refractivity contribution in [3.8, 4) is 0 Å². The normalized spacial score (nSPS) is 10.5. The molecule has 2 aromatic heterocycles. The van der Waals surface area contributed by atoms with Gasteiger partial charge in [0.1, 0.15) is 10.6 Å². The van der Waals surface area contributed by atoms with Crippen molar-refractivity contribution >= 4 is 30.2 Å². The molecule has 7 nitrogen and oxygen atoms in total. The van der Waals surface area contributed by atoms with Crippen molar-refractivity contribution in [3.05, 3.63) is 23.5 Å². The van der Waals surface area contributed by atoms with Gasteiger partial charge < -0.3 is 10.2 Å². The van der Waals surface area contributed by atoms with Crippen LogP contribution in [0.1, 0.15) is 20.8 Å². The smallest absolute Gasteiger partial charge is 0.354 e. The van der Waals surface area contributed by atoms with Gasteiger partial charge in [0.15, 0.2) is 11.3 Å². The van der Waals surface area contributed by atoms with E-state index in [4.69, 9.17) is 22.8 Å². The van der Waals surface area contributed by atoms with Crippen molar-refractivity contribution in [3.63, 3.8) is 0 Å². The average molecular weight is 238 g/mol. The first-order chi connectivity index (χ1) is 7.50. The van der Waals surface area contributed by atoms with Gasteiger partial charge in [-0.05, 0) is 0 Å². The SMILES string of the molecule is O=C(O)c1cc([S])n2ncc(C(=O)O)c2n1. The van der Waals surface area contributed by atoms with E-state index in [1.807, 2.05) is 0 Å². The molecule has 0 unspecified atom stereocenters. The predicted octanol–water partition coefficient (Wildman–Crippen LogP) is 0.682. The number of carboxylic acid groups (broad SMARTS) is 2. The molecule has 0 bridgehead atoms. The van der Waals surface area contributed by atoms with Crippen LogP contribution in [0.25, 0.3) is 5.65 Å². The molecule has 0 fully saturated rings. The van der Waals surface area contributed by atoms with Gasteiger partial charge in [-0.3, -0.25) is 0 Å². The molecule has 0 atom stereocenters. The molecule has 2 N–H and O–H groups in total. The highest BCUT2D eigenvalue weighted by atomic mass is 32.1. The highest BCUT2D eigenvalue weighted by Crippen LogP contribution is 2.15. The molecule has 2 rings (SSSR count). The Morgan fingerprint density at radius 3 is 2.56 bits per heavy atom. The second kappa shape index (κ2) is 3.42. The lowest BCUT2D eigenvalue weighted by Gasteiger charge is -1.99. The van der Waals surface area contributed by atoms with Crippen LogP contribution in [0, 0.1) is 0 Å². The van der Waals surface area contributed by atoms with Crippen molar-refractivity contribution in [2.75, 3.05) is 0 Å². The van der Waals surface area contributed by atoms with Gasteiger partial charge in [-0.1, -0.05) is 12.6 Å². The fourth-order valence-electron chi connectivity index (χ4n) is 1.20. The molecule has 0 saturated carbocycles. The number of aromatic carboxylic acids is 2. The first-order valence-electron chi connectivity index (χ1n) is 4.03. The number of fused-ring (bicyclic) bond motifs is 1. The molecule has 0 aromatic carbocycles. The van der Waals surface area contributed by atoms with Crippen LogP contribution in [-0.2, 0) is 0 Å². The van der Waals surface area contributed by atoms with Gasteiger partial charge in [0.2, 0.25) is 0 Å². The summed E-state index contributed by atoms with van der Waals surface area (Å²) in [5.41, 5.74) is -0.563. The Morgan fingerprint density at radius 2 is 2.00 bits per heavy atom. The Balaban J connectivity index is 2.81. The zero-order chi connectivity index (χ0) is 11.9. The lowest BCUT2D eigenvalue weighted by atomic mass is 10.3. The van der Waals surface area contributed by atoms with Crippen LogP contribution in [0.3, 0.4) is 0 Å². The summed E-state index contributed by atoms with van der Waals surface area (Å²) in [4.78, 5) is 25.2. The zero-order valence-corrected chi connectivity index (χ0v) is 8.43. The molecule has 2 heterocycles. The molecule has 0 spiro atoms. The summed E-state index contributed by atoms with van der Waals surface area (Å²) < 4.78 is 1.10. The number of carboxylic acids is 2. The van der Waals surface area contributed by atoms with E-state index >= 15 is 0 Å². The summed E-state index contributed by atoms with van der Waals surface area (Å²) in [6, 6.07) is 1.14. The Kier molecular flexibility index (Phi) is 2.20. The maximum atomic E-state index is 10.8. The highest BCUT2D eigenvalue weighted by molar-refractivity contribution is 7.80. The van der Waals surface area contributed by atoms with Crippen LogP contribution in [0.15, 0.2) is 17.3 Å². The molecule has 0 saturated heterocycles. The molecule has 2 aromatic rings. The molecule has 0 aliphatic rings. The van der Waals surface area contributed by atoms with E-state index in [9.17, 15) is 9.59 Å². The summed E-state index contributed by atoms with van der Waals surface area (Å²) in [7, 11) is 0. The minimum Gasteiger partial charge on any atom is -0.477 e. The Bertz CT molecular complexity index is 607. The van der Waals surface area contributed by atoms with E-state index in [0.717, 1.165) is 16.8 Å². The third-order valence-corrected chi connectivity index (χ3v) is 2.18. The third-order valence-electron chi connectivity index (χ3n) is 1.89. The number of aromatic nitrogens is 3. The van der Waals surface area contributed by atoms with Crippen molar-refractivity contribution in [2.24, 2.45) is 0 Å². The van der Waals surface area contributed by atoms with Gasteiger partial charge in [-0.25, -0.2) is 19.1 Å². The van der Waals surface area contributed by atoms with Crippen molar-refractivity contribution < 1.29 is 19.8 Å². The highest BCUT2D eigenvalue weighted by Gasteiger charge is 2.17. The summed E-state index contributed by atoms with van der Waals surface area (Å²) in [5.74, 6) is -2.51. The van der Waals surface area contributed by atoms with Crippen molar-refractivity contribution in [1.29, 1.82) is 0 Å². The summed E-state index contributed by atoms with van der Waals surface area (Å²) >= 11 is 4.86. The molecule has 16 heavy (non-hydrogen) atoms. The van der Waals surface area contributed by atoms with E-state index in [-0.39, 0.29) is 21.9 Å². The van der Waals surface area contributed by atoms with Crippen LogP contribution in [0.5, 0.6) is 0 Å². The maximum Gasteiger partial charge on any atom is 0.354 e. The van der Waals surface area contributed by atoms with E-state index in [1.165, 1.54) is 0 Å². The van der Waals surface area contributed by atoms with Crippen LogP contribution < -0.4 is 0 Å². The molecular weight excluding hydrogens is 234 g/mol. The van der Waals surface area contributed by atoms with Crippen LogP contribution in [-0.4, -0.2) is 36.7 Å². The van der Waals surface area contributed by atoms with E-state index in [2.05, 4.69) is 10.1 Å². The van der Waals surface area contributed by atoms with Gasteiger partial charge in [0.05, 0.1) is 6.20 Å². The molecule has 8 heteroatoms. The topological polar surface area (TPSA) is 105 Å². The number of hydrogen-bond donors (Lipinski definition) is 2. The number of rotatable bonds is 2.